The molecule has 0 saturated heterocycles. The highest BCUT2D eigenvalue weighted by molar-refractivity contribution is 6.31. The van der Waals surface area contributed by atoms with Crippen LogP contribution in [0.2, 0.25) is 5.02 Å². The second-order valence-electron chi connectivity index (χ2n) is 5.63. The Hall–Kier alpha value is -1.77. The summed E-state index contributed by atoms with van der Waals surface area (Å²) in [4.78, 5) is 0. The number of nitrogens with two attached hydrogens (primary N) is 1. The maximum Gasteiger partial charge on any atom is 0.134 e. The predicted molar refractivity (Wildman–Crippen MR) is 87.8 cm³/mol. The average molecular weight is 300 g/mol. The van der Waals surface area contributed by atoms with Gasteiger partial charge in [0.25, 0.3) is 0 Å². The van der Waals surface area contributed by atoms with Gasteiger partial charge in [-0.2, -0.15) is 0 Å². The lowest BCUT2D eigenvalue weighted by atomic mass is 9.98. The summed E-state index contributed by atoms with van der Waals surface area (Å²) in [5.41, 5.74) is 9.48. The molecule has 21 heavy (non-hydrogen) atoms. The van der Waals surface area contributed by atoms with Crippen LogP contribution in [0.5, 0.6) is 0 Å². The molecule has 1 heterocycles. The maximum absolute atomic E-state index is 6.32. The first-order valence-electron chi connectivity index (χ1n) is 7.09. The van der Waals surface area contributed by atoms with Crippen molar-refractivity contribution in [2.45, 2.75) is 25.8 Å². The van der Waals surface area contributed by atoms with Crippen LogP contribution in [0, 0.1) is 0 Å². The van der Waals surface area contributed by atoms with E-state index < -0.39 is 0 Å². The molecule has 2 nitrogen and oxygen atoms in total. The van der Waals surface area contributed by atoms with Crippen molar-refractivity contribution in [3.63, 3.8) is 0 Å². The van der Waals surface area contributed by atoms with E-state index in [0.29, 0.717) is 10.9 Å². The van der Waals surface area contributed by atoms with E-state index in [1.807, 2.05) is 24.3 Å². The Kier molecular flexibility index (Phi) is 3.75. The van der Waals surface area contributed by atoms with Gasteiger partial charge in [0.1, 0.15) is 11.3 Å². The molecule has 0 bridgehead atoms. The quantitative estimate of drug-likeness (QED) is 0.716. The first-order chi connectivity index (χ1) is 10.0. The Morgan fingerprint density at radius 1 is 0.952 bits per heavy atom. The number of furan rings is 1. The minimum Gasteiger partial charge on any atom is -0.459 e. The molecule has 2 aromatic carbocycles. The molecular weight excluding hydrogens is 282 g/mol. The summed E-state index contributed by atoms with van der Waals surface area (Å²) in [6.07, 6.45) is 0. The zero-order valence-electron chi connectivity index (χ0n) is 12.1. The van der Waals surface area contributed by atoms with Gasteiger partial charge in [-0.05, 0) is 41.3 Å². The Morgan fingerprint density at radius 2 is 1.62 bits per heavy atom. The monoisotopic (exact) mass is 299 g/mol. The third kappa shape index (κ3) is 2.82. The summed E-state index contributed by atoms with van der Waals surface area (Å²) >= 11 is 6.00. The second kappa shape index (κ2) is 5.55. The molecule has 1 unspecified atom stereocenters. The van der Waals surface area contributed by atoms with Crippen molar-refractivity contribution in [2.24, 2.45) is 5.73 Å². The van der Waals surface area contributed by atoms with Crippen LogP contribution in [-0.4, -0.2) is 0 Å². The van der Waals surface area contributed by atoms with E-state index in [-0.39, 0.29) is 6.04 Å². The number of hydrogen-bond acceptors (Lipinski definition) is 2. The minimum atomic E-state index is -0.266. The highest BCUT2D eigenvalue weighted by Crippen LogP contribution is 2.29. The van der Waals surface area contributed by atoms with Crippen LogP contribution in [-0.2, 0) is 0 Å². The van der Waals surface area contributed by atoms with Gasteiger partial charge in [-0.25, -0.2) is 0 Å². The first-order valence-corrected chi connectivity index (χ1v) is 7.47. The number of halogens is 1. The van der Waals surface area contributed by atoms with Gasteiger partial charge in [-0.3, -0.25) is 0 Å². The van der Waals surface area contributed by atoms with Crippen LogP contribution in [0.3, 0.4) is 0 Å². The number of rotatable bonds is 3. The standard InChI is InChI=1S/C18H18ClNO/c1-11(2)12-3-5-13(6-4-12)18(20)17-10-14-9-15(19)7-8-16(14)21-17/h3-11,18H,20H2,1-2H3. The summed E-state index contributed by atoms with van der Waals surface area (Å²) < 4.78 is 5.83. The first kappa shape index (κ1) is 14.2. The van der Waals surface area contributed by atoms with E-state index >= 15 is 0 Å². The lowest BCUT2D eigenvalue weighted by molar-refractivity contribution is 0.525. The summed E-state index contributed by atoms with van der Waals surface area (Å²) in [5.74, 6) is 1.27. The number of fused-ring (bicyclic) bond motifs is 1. The smallest absolute Gasteiger partial charge is 0.134 e. The highest BCUT2D eigenvalue weighted by Gasteiger charge is 2.14. The second-order valence-corrected chi connectivity index (χ2v) is 6.07. The fraction of sp³-hybridized carbons (Fsp3) is 0.222. The summed E-state index contributed by atoms with van der Waals surface area (Å²) in [6.45, 7) is 4.36. The van der Waals surface area contributed by atoms with Gasteiger partial charge in [0.05, 0.1) is 6.04 Å². The molecule has 0 aliphatic heterocycles. The van der Waals surface area contributed by atoms with Gasteiger partial charge in [0, 0.05) is 10.4 Å². The van der Waals surface area contributed by atoms with E-state index in [9.17, 15) is 0 Å². The van der Waals surface area contributed by atoms with Gasteiger partial charge < -0.3 is 10.2 Å². The van der Waals surface area contributed by atoms with Gasteiger partial charge >= 0.3 is 0 Å². The van der Waals surface area contributed by atoms with Crippen LogP contribution < -0.4 is 5.73 Å². The van der Waals surface area contributed by atoms with Crippen molar-refractivity contribution in [3.8, 4) is 0 Å². The molecule has 0 fully saturated rings. The maximum atomic E-state index is 6.32. The molecule has 0 aliphatic carbocycles. The Labute approximate surface area is 129 Å². The van der Waals surface area contributed by atoms with E-state index in [0.717, 1.165) is 22.3 Å². The van der Waals surface area contributed by atoms with Crippen molar-refractivity contribution in [1.29, 1.82) is 0 Å². The van der Waals surface area contributed by atoms with Crippen molar-refractivity contribution in [2.75, 3.05) is 0 Å². The third-order valence-electron chi connectivity index (χ3n) is 3.77. The average Bonchev–Trinajstić information content (AvgIpc) is 2.89. The molecule has 0 saturated carbocycles. The summed E-state index contributed by atoms with van der Waals surface area (Å²) in [7, 11) is 0. The SMILES string of the molecule is CC(C)c1ccc(C(N)c2cc3cc(Cl)ccc3o2)cc1. The Bertz CT molecular complexity index is 758. The predicted octanol–water partition coefficient (Wildman–Crippen LogP) is 5.26. The molecule has 108 valence electrons. The molecular formula is C18H18ClNO. The van der Waals surface area contributed by atoms with E-state index in [2.05, 4.69) is 38.1 Å². The topological polar surface area (TPSA) is 39.2 Å². The van der Waals surface area contributed by atoms with E-state index in [1.165, 1.54) is 5.56 Å². The molecule has 1 atom stereocenters. The summed E-state index contributed by atoms with van der Waals surface area (Å²) in [6, 6.07) is 15.7. The van der Waals surface area contributed by atoms with Crippen molar-refractivity contribution in [1.82, 2.24) is 0 Å². The molecule has 0 radical (unpaired) electrons. The van der Waals surface area contributed by atoms with Crippen LogP contribution in [0.4, 0.5) is 0 Å². The molecule has 0 amide bonds. The van der Waals surface area contributed by atoms with Crippen molar-refractivity contribution in [3.05, 3.63) is 70.4 Å². The largest absolute Gasteiger partial charge is 0.459 e. The molecule has 2 N–H and O–H groups in total. The van der Waals surface area contributed by atoms with Crippen molar-refractivity contribution < 1.29 is 4.42 Å². The summed E-state index contributed by atoms with van der Waals surface area (Å²) in [5, 5.41) is 1.68. The molecule has 3 heteroatoms. The number of hydrogen-bond donors (Lipinski definition) is 1. The fourth-order valence-electron chi connectivity index (χ4n) is 2.44. The minimum absolute atomic E-state index is 0.266. The van der Waals surface area contributed by atoms with Crippen molar-refractivity contribution >= 4 is 22.6 Å². The Balaban J connectivity index is 1.93. The molecule has 0 aliphatic rings. The van der Waals surface area contributed by atoms with Gasteiger partial charge in [0.2, 0.25) is 0 Å². The van der Waals surface area contributed by atoms with Crippen LogP contribution in [0.25, 0.3) is 11.0 Å². The fourth-order valence-corrected chi connectivity index (χ4v) is 2.62. The normalized spacial score (nSPS) is 13.0. The lowest BCUT2D eigenvalue weighted by Crippen LogP contribution is -2.10. The zero-order chi connectivity index (χ0) is 15.0. The van der Waals surface area contributed by atoms with E-state index in [4.69, 9.17) is 21.8 Å². The van der Waals surface area contributed by atoms with Crippen LogP contribution in [0.15, 0.2) is 52.9 Å². The number of benzene rings is 2. The van der Waals surface area contributed by atoms with Crippen LogP contribution >= 0.6 is 11.6 Å². The molecule has 0 spiro atoms. The third-order valence-corrected chi connectivity index (χ3v) is 4.00. The Morgan fingerprint density at radius 3 is 2.29 bits per heavy atom. The van der Waals surface area contributed by atoms with Crippen LogP contribution in [0.1, 0.15) is 42.7 Å². The highest BCUT2D eigenvalue weighted by atomic mass is 35.5. The lowest BCUT2D eigenvalue weighted by Gasteiger charge is -2.11. The van der Waals surface area contributed by atoms with E-state index in [1.54, 1.807) is 0 Å². The van der Waals surface area contributed by atoms with Gasteiger partial charge in [-0.15, -0.1) is 0 Å². The van der Waals surface area contributed by atoms with Gasteiger partial charge in [-0.1, -0.05) is 49.7 Å². The molecule has 3 aromatic rings. The zero-order valence-corrected chi connectivity index (χ0v) is 12.9. The van der Waals surface area contributed by atoms with Gasteiger partial charge in [0.15, 0.2) is 0 Å². The molecule has 3 rings (SSSR count). The molecule has 1 aromatic heterocycles.